The summed E-state index contributed by atoms with van der Waals surface area (Å²) in [6.45, 7) is 3.95. The SMILES string of the molecule is O=C(/C=C/c1ccsc1)NC[C@H](c1cccs1)N1CCOCC1. The molecular formula is C17H20N2O2S2. The predicted molar refractivity (Wildman–Crippen MR) is 95.8 cm³/mol. The maximum atomic E-state index is 12.1. The fourth-order valence-corrected chi connectivity index (χ4v) is 4.07. The van der Waals surface area contributed by atoms with Crippen LogP contribution < -0.4 is 5.32 Å². The van der Waals surface area contributed by atoms with Crippen LogP contribution in [0.5, 0.6) is 0 Å². The quantitative estimate of drug-likeness (QED) is 0.816. The Hall–Kier alpha value is -1.47. The number of amides is 1. The maximum Gasteiger partial charge on any atom is 0.244 e. The third kappa shape index (κ3) is 4.75. The van der Waals surface area contributed by atoms with Crippen LogP contribution in [0.15, 0.2) is 40.4 Å². The van der Waals surface area contributed by atoms with Crippen LogP contribution in [-0.2, 0) is 9.53 Å². The molecule has 122 valence electrons. The minimum Gasteiger partial charge on any atom is -0.379 e. The highest BCUT2D eigenvalue weighted by Gasteiger charge is 2.23. The van der Waals surface area contributed by atoms with Crippen LogP contribution in [0, 0.1) is 0 Å². The summed E-state index contributed by atoms with van der Waals surface area (Å²) in [5, 5.41) is 9.14. The number of ether oxygens (including phenoxy) is 1. The molecule has 4 nitrogen and oxygen atoms in total. The summed E-state index contributed by atoms with van der Waals surface area (Å²) in [7, 11) is 0. The molecule has 3 rings (SSSR count). The van der Waals surface area contributed by atoms with Crippen molar-refractivity contribution in [2.45, 2.75) is 6.04 Å². The molecule has 1 atom stereocenters. The van der Waals surface area contributed by atoms with E-state index in [1.807, 2.05) is 22.9 Å². The van der Waals surface area contributed by atoms with Crippen molar-refractivity contribution in [3.05, 3.63) is 50.9 Å². The second kappa shape index (κ2) is 8.40. The lowest BCUT2D eigenvalue weighted by molar-refractivity contribution is -0.116. The molecule has 1 fully saturated rings. The highest BCUT2D eigenvalue weighted by molar-refractivity contribution is 7.10. The number of rotatable bonds is 6. The predicted octanol–water partition coefficient (Wildman–Crippen LogP) is 3.01. The zero-order chi connectivity index (χ0) is 15.9. The standard InChI is InChI=1S/C17H20N2O2S2/c20-17(4-3-14-5-11-22-13-14)18-12-15(16-2-1-10-23-16)19-6-8-21-9-7-19/h1-5,10-11,13,15H,6-9,12H2,(H,18,20)/b4-3+/t15-/m1/s1. The van der Waals surface area contributed by atoms with E-state index in [4.69, 9.17) is 4.74 Å². The van der Waals surface area contributed by atoms with Crippen molar-refractivity contribution in [3.8, 4) is 0 Å². The van der Waals surface area contributed by atoms with E-state index in [0.717, 1.165) is 31.9 Å². The van der Waals surface area contributed by atoms with Crippen molar-refractivity contribution >= 4 is 34.7 Å². The third-order valence-corrected chi connectivity index (χ3v) is 5.47. The smallest absolute Gasteiger partial charge is 0.244 e. The fourth-order valence-electron chi connectivity index (χ4n) is 2.58. The lowest BCUT2D eigenvalue weighted by Gasteiger charge is -2.34. The highest BCUT2D eigenvalue weighted by Crippen LogP contribution is 2.25. The van der Waals surface area contributed by atoms with Crippen LogP contribution in [0.25, 0.3) is 6.08 Å². The largest absolute Gasteiger partial charge is 0.379 e. The van der Waals surface area contributed by atoms with Gasteiger partial charge in [-0.05, 0) is 39.9 Å². The molecule has 1 amide bonds. The number of nitrogens with zero attached hydrogens (tertiary/aromatic N) is 1. The van der Waals surface area contributed by atoms with Gasteiger partial charge in [-0.15, -0.1) is 11.3 Å². The normalized spacial score (nSPS) is 17.4. The Morgan fingerprint density at radius 3 is 2.91 bits per heavy atom. The summed E-state index contributed by atoms with van der Waals surface area (Å²) >= 11 is 3.36. The van der Waals surface area contributed by atoms with Crippen LogP contribution in [0.3, 0.4) is 0 Å². The third-order valence-electron chi connectivity index (χ3n) is 3.80. The van der Waals surface area contributed by atoms with Gasteiger partial charge in [0.05, 0.1) is 19.3 Å². The van der Waals surface area contributed by atoms with Gasteiger partial charge in [0.2, 0.25) is 5.91 Å². The first-order chi connectivity index (χ1) is 11.3. The van der Waals surface area contributed by atoms with Crippen LogP contribution in [0.4, 0.5) is 0 Å². The van der Waals surface area contributed by atoms with Crippen LogP contribution in [-0.4, -0.2) is 43.7 Å². The van der Waals surface area contributed by atoms with Crippen LogP contribution in [0.2, 0.25) is 0 Å². The molecule has 6 heteroatoms. The zero-order valence-electron chi connectivity index (χ0n) is 12.8. The molecule has 1 aliphatic heterocycles. The molecule has 0 aromatic carbocycles. The Morgan fingerprint density at radius 2 is 2.22 bits per heavy atom. The lowest BCUT2D eigenvalue weighted by Crippen LogP contribution is -2.43. The van der Waals surface area contributed by atoms with E-state index in [9.17, 15) is 4.79 Å². The van der Waals surface area contributed by atoms with Gasteiger partial charge in [0.25, 0.3) is 0 Å². The molecular weight excluding hydrogens is 328 g/mol. The minimum atomic E-state index is -0.0500. The first-order valence-electron chi connectivity index (χ1n) is 7.66. The first kappa shape index (κ1) is 16.4. The van der Waals surface area contributed by atoms with Gasteiger partial charge >= 0.3 is 0 Å². The van der Waals surface area contributed by atoms with E-state index in [-0.39, 0.29) is 11.9 Å². The van der Waals surface area contributed by atoms with E-state index in [0.29, 0.717) is 6.54 Å². The Balaban J connectivity index is 1.58. The molecule has 0 unspecified atom stereocenters. The van der Waals surface area contributed by atoms with Gasteiger partial charge in [-0.3, -0.25) is 9.69 Å². The van der Waals surface area contributed by atoms with E-state index in [2.05, 4.69) is 27.7 Å². The number of carbonyl (C=O) groups excluding carboxylic acids is 1. The molecule has 0 bridgehead atoms. The Morgan fingerprint density at radius 1 is 1.35 bits per heavy atom. The molecule has 0 aliphatic carbocycles. The summed E-state index contributed by atoms with van der Waals surface area (Å²) in [6.07, 6.45) is 3.45. The Kier molecular flexibility index (Phi) is 5.99. The summed E-state index contributed by atoms with van der Waals surface area (Å²) in [5.41, 5.74) is 1.06. The Labute approximate surface area is 144 Å². The second-order valence-electron chi connectivity index (χ2n) is 5.31. The summed E-state index contributed by atoms with van der Waals surface area (Å²) in [5.74, 6) is -0.0500. The fraction of sp³-hybridized carbons (Fsp3) is 0.353. The highest BCUT2D eigenvalue weighted by atomic mass is 32.1. The van der Waals surface area contributed by atoms with E-state index in [1.54, 1.807) is 28.7 Å². The topological polar surface area (TPSA) is 41.6 Å². The lowest BCUT2D eigenvalue weighted by atomic mass is 10.2. The molecule has 3 heterocycles. The van der Waals surface area contributed by atoms with Gasteiger partial charge in [-0.1, -0.05) is 6.07 Å². The van der Waals surface area contributed by atoms with Crippen molar-refractivity contribution in [3.63, 3.8) is 0 Å². The number of thiophene rings is 2. The number of morpholine rings is 1. The number of hydrogen-bond donors (Lipinski definition) is 1. The van der Waals surface area contributed by atoms with E-state index in [1.165, 1.54) is 4.88 Å². The number of nitrogens with one attached hydrogen (secondary N) is 1. The van der Waals surface area contributed by atoms with Crippen molar-refractivity contribution in [2.75, 3.05) is 32.8 Å². The average Bonchev–Trinajstić information content (AvgIpc) is 3.28. The van der Waals surface area contributed by atoms with E-state index >= 15 is 0 Å². The summed E-state index contributed by atoms with van der Waals surface area (Å²) < 4.78 is 5.44. The first-order valence-corrected chi connectivity index (χ1v) is 9.48. The second-order valence-corrected chi connectivity index (χ2v) is 7.07. The Bertz CT molecular complexity index is 617. The maximum absolute atomic E-state index is 12.1. The van der Waals surface area contributed by atoms with Gasteiger partial charge in [-0.25, -0.2) is 0 Å². The van der Waals surface area contributed by atoms with Gasteiger partial charge in [0.1, 0.15) is 0 Å². The monoisotopic (exact) mass is 348 g/mol. The van der Waals surface area contributed by atoms with Crippen LogP contribution >= 0.6 is 22.7 Å². The summed E-state index contributed by atoms with van der Waals surface area (Å²) in [6, 6.07) is 6.41. The molecule has 1 saturated heterocycles. The summed E-state index contributed by atoms with van der Waals surface area (Å²) in [4.78, 5) is 15.7. The van der Waals surface area contributed by atoms with Crippen molar-refractivity contribution in [2.24, 2.45) is 0 Å². The molecule has 2 aromatic heterocycles. The molecule has 23 heavy (non-hydrogen) atoms. The van der Waals surface area contributed by atoms with Gasteiger partial charge < -0.3 is 10.1 Å². The van der Waals surface area contributed by atoms with Gasteiger partial charge in [0, 0.05) is 30.6 Å². The average molecular weight is 348 g/mol. The molecule has 2 aromatic rings. The number of hydrogen-bond acceptors (Lipinski definition) is 5. The van der Waals surface area contributed by atoms with Crippen LogP contribution in [0.1, 0.15) is 16.5 Å². The van der Waals surface area contributed by atoms with Crippen molar-refractivity contribution < 1.29 is 9.53 Å². The van der Waals surface area contributed by atoms with Gasteiger partial charge in [0.15, 0.2) is 0 Å². The molecule has 0 radical (unpaired) electrons. The zero-order valence-corrected chi connectivity index (χ0v) is 14.4. The molecule has 1 aliphatic rings. The van der Waals surface area contributed by atoms with Gasteiger partial charge in [-0.2, -0.15) is 11.3 Å². The van der Waals surface area contributed by atoms with Crippen molar-refractivity contribution in [1.29, 1.82) is 0 Å². The van der Waals surface area contributed by atoms with E-state index < -0.39 is 0 Å². The molecule has 1 N–H and O–H groups in total. The number of carbonyl (C=O) groups is 1. The molecule has 0 saturated carbocycles. The van der Waals surface area contributed by atoms with Crippen molar-refractivity contribution in [1.82, 2.24) is 10.2 Å². The molecule has 0 spiro atoms. The minimum absolute atomic E-state index is 0.0500.